The Morgan fingerprint density at radius 3 is 2.46 bits per heavy atom. The molecule has 2 aliphatic rings. The van der Waals surface area contributed by atoms with E-state index in [9.17, 15) is 5.11 Å². The summed E-state index contributed by atoms with van der Waals surface area (Å²) in [6.45, 7) is 8.29. The van der Waals surface area contributed by atoms with Crippen molar-refractivity contribution in [3.8, 4) is 0 Å². The molecule has 1 saturated heterocycles. The second kappa shape index (κ2) is 9.02. The molecular weight excluding hydrogens is 328 g/mol. The van der Waals surface area contributed by atoms with E-state index < -0.39 is 0 Å². The van der Waals surface area contributed by atoms with E-state index in [1.165, 1.54) is 18.4 Å². The molecule has 0 unspecified atom stereocenters. The molecule has 0 bridgehead atoms. The third-order valence-corrected chi connectivity index (χ3v) is 5.60. The van der Waals surface area contributed by atoms with E-state index in [2.05, 4.69) is 35.1 Å². The SMILES string of the molecule is C[C@@H]1CN(Cc2cc(N)nc(NCC3CCC(CO)CC3)c2)C[C@H](C)O1. The first-order valence-corrected chi connectivity index (χ1v) is 10.0. The van der Waals surface area contributed by atoms with Gasteiger partial charge in [0, 0.05) is 32.8 Å². The molecule has 2 fully saturated rings. The number of anilines is 2. The molecule has 6 heteroatoms. The zero-order valence-electron chi connectivity index (χ0n) is 16.2. The Kier molecular flexibility index (Phi) is 6.73. The minimum absolute atomic E-state index is 0.268. The van der Waals surface area contributed by atoms with Crippen molar-refractivity contribution in [2.45, 2.75) is 58.3 Å². The number of ether oxygens (including phenoxy) is 1. The van der Waals surface area contributed by atoms with Crippen LogP contribution in [-0.2, 0) is 11.3 Å². The molecule has 2 heterocycles. The van der Waals surface area contributed by atoms with Crippen LogP contribution in [-0.4, -0.2) is 53.4 Å². The highest BCUT2D eigenvalue weighted by Gasteiger charge is 2.23. The monoisotopic (exact) mass is 362 g/mol. The van der Waals surface area contributed by atoms with E-state index in [4.69, 9.17) is 10.5 Å². The highest BCUT2D eigenvalue weighted by Crippen LogP contribution is 2.28. The minimum Gasteiger partial charge on any atom is -0.396 e. The van der Waals surface area contributed by atoms with E-state index in [1.807, 2.05) is 6.07 Å². The number of hydrogen-bond donors (Lipinski definition) is 3. The third kappa shape index (κ3) is 5.56. The number of morpholine rings is 1. The number of aliphatic hydroxyl groups excluding tert-OH is 1. The highest BCUT2D eigenvalue weighted by molar-refractivity contribution is 5.46. The fraction of sp³-hybridized carbons (Fsp3) is 0.750. The second-order valence-electron chi connectivity index (χ2n) is 8.19. The average Bonchev–Trinajstić information content (AvgIpc) is 2.59. The molecule has 146 valence electrons. The first kappa shape index (κ1) is 19.4. The lowest BCUT2D eigenvalue weighted by Crippen LogP contribution is -2.44. The molecule has 1 aliphatic carbocycles. The van der Waals surface area contributed by atoms with Gasteiger partial charge in [0.1, 0.15) is 11.6 Å². The molecule has 1 saturated carbocycles. The maximum absolute atomic E-state index is 9.26. The number of nitrogens with zero attached hydrogens (tertiary/aromatic N) is 2. The Hall–Kier alpha value is -1.37. The van der Waals surface area contributed by atoms with E-state index >= 15 is 0 Å². The lowest BCUT2D eigenvalue weighted by Gasteiger charge is -2.35. The van der Waals surface area contributed by atoms with Crippen LogP contribution in [0.4, 0.5) is 11.6 Å². The van der Waals surface area contributed by atoms with Gasteiger partial charge in [0.15, 0.2) is 0 Å². The van der Waals surface area contributed by atoms with E-state index in [0.29, 0.717) is 24.3 Å². The number of nitrogen functional groups attached to an aromatic ring is 1. The van der Waals surface area contributed by atoms with Crippen LogP contribution in [0, 0.1) is 11.8 Å². The zero-order chi connectivity index (χ0) is 18.5. The smallest absolute Gasteiger partial charge is 0.128 e. The van der Waals surface area contributed by atoms with Gasteiger partial charge >= 0.3 is 0 Å². The van der Waals surface area contributed by atoms with Crippen LogP contribution in [0.15, 0.2) is 12.1 Å². The normalized spacial score (nSPS) is 30.3. The van der Waals surface area contributed by atoms with E-state index in [1.54, 1.807) is 0 Å². The van der Waals surface area contributed by atoms with Gasteiger partial charge < -0.3 is 20.9 Å². The van der Waals surface area contributed by atoms with Crippen molar-refractivity contribution >= 4 is 11.6 Å². The van der Waals surface area contributed by atoms with Gasteiger partial charge in [0.25, 0.3) is 0 Å². The van der Waals surface area contributed by atoms with E-state index in [0.717, 1.165) is 44.8 Å². The average molecular weight is 363 g/mol. The Morgan fingerprint density at radius 1 is 1.15 bits per heavy atom. The summed E-state index contributed by atoms with van der Waals surface area (Å²) in [6.07, 6.45) is 5.15. The number of pyridine rings is 1. The molecule has 0 radical (unpaired) electrons. The molecular formula is C20H34N4O2. The summed E-state index contributed by atoms with van der Waals surface area (Å²) in [4.78, 5) is 6.88. The van der Waals surface area contributed by atoms with Gasteiger partial charge in [-0.3, -0.25) is 4.90 Å². The van der Waals surface area contributed by atoms with Crippen molar-refractivity contribution in [2.24, 2.45) is 11.8 Å². The van der Waals surface area contributed by atoms with Crippen molar-refractivity contribution in [3.63, 3.8) is 0 Å². The van der Waals surface area contributed by atoms with Crippen molar-refractivity contribution in [1.29, 1.82) is 0 Å². The largest absolute Gasteiger partial charge is 0.396 e. The Morgan fingerprint density at radius 2 is 1.81 bits per heavy atom. The van der Waals surface area contributed by atoms with Gasteiger partial charge in [0.2, 0.25) is 0 Å². The Balaban J connectivity index is 1.54. The van der Waals surface area contributed by atoms with Crippen LogP contribution in [0.2, 0.25) is 0 Å². The lowest BCUT2D eigenvalue weighted by atomic mass is 9.82. The standard InChI is InChI=1S/C20H34N4O2/c1-14-10-24(11-15(2)26-14)12-18-7-19(21)23-20(8-18)22-9-16-3-5-17(13-25)6-4-16/h7-8,14-17,25H,3-6,9-13H2,1-2H3,(H3,21,22,23)/t14-,15+,16?,17?. The fourth-order valence-electron chi connectivity index (χ4n) is 4.33. The van der Waals surface area contributed by atoms with E-state index in [-0.39, 0.29) is 12.2 Å². The summed E-state index contributed by atoms with van der Waals surface area (Å²) in [6, 6.07) is 4.10. The second-order valence-corrected chi connectivity index (χ2v) is 8.19. The number of aromatic nitrogens is 1. The summed E-state index contributed by atoms with van der Waals surface area (Å²) < 4.78 is 5.82. The quantitative estimate of drug-likeness (QED) is 0.721. The molecule has 1 aliphatic heterocycles. The van der Waals surface area contributed by atoms with Crippen LogP contribution in [0.25, 0.3) is 0 Å². The topological polar surface area (TPSA) is 83.6 Å². The van der Waals surface area contributed by atoms with Crippen LogP contribution >= 0.6 is 0 Å². The molecule has 3 rings (SSSR count). The maximum Gasteiger partial charge on any atom is 0.128 e. The molecule has 0 aromatic carbocycles. The number of aliphatic hydroxyl groups is 1. The van der Waals surface area contributed by atoms with Gasteiger partial charge in [-0.15, -0.1) is 0 Å². The van der Waals surface area contributed by atoms with Crippen LogP contribution in [0.3, 0.4) is 0 Å². The third-order valence-electron chi connectivity index (χ3n) is 5.60. The minimum atomic E-state index is 0.268. The zero-order valence-corrected chi connectivity index (χ0v) is 16.2. The summed E-state index contributed by atoms with van der Waals surface area (Å²) in [5.41, 5.74) is 7.24. The molecule has 0 amide bonds. The van der Waals surface area contributed by atoms with Gasteiger partial charge in [-0.25, -0.2) is 4.98 Å². The summed E-state index contributed by atoms with van der Waals surface area (Å²) in [5, 5.41) is 12.7. The van der Waals surface area contributed by atoms with Gasteiger partial charge in [-0.2, -0.15) is 0 Å². The fourth-order valence-corrected chi connectivity index (χ4v) is 4.33. The molecule has 2 atom stereocenters. The van der Waals surface area contributed by atoms with Crippen molar-refractivity contribution < 1.29 is 9.84 Å². The van der Waals surface area contributed by atoms with Gasteiger partial charge in [-0.05, 0) is 69.1 Å². The molecule has 0 spiro atoms. The predicted octanol–water partition coefficient (Wildman–Crippen LogP) is 2.48. The Bertz CT molecular complexity index is 565. The number of rotatable bonds is 6. The molecule has 1 aromatic heterocycles. The number of nitrogens with one attached hydrogen (secondary N) is 1. The first-order chi connectivity index (χ1) is 12.5. The van der Waals surface area contributed by atoms with Crippen molar-refractivity contribution in [2.75, 3.05) is 37.3 Å². The summed E-state index contributed by atoms with van der Waals surface area (Å²) in [7, 11) is 0. The molecule has 4 N–H and O–H groups in total. The van der Waals surface area contributed by atoms with Crippen molar-refractivity contribution in [1.82, 2.24) is 9.88 Å². The van der Waals surface area contributed by atoms with Crippen LogP contribution in [0.1, 0.15) is 45.1 Å². The lowest BCUT2D eigenvalue weighted by molar-refractivity contribution is -0.0704. The summed E-state index contributed by atoms with van der Waals surface area (Å²) in [5.74, 6) is 2.61. The summed E-state index contributed by atoms with van der Waals surface area (Å²) >= 11 is 0. The maximum atomic E-state index is 9.26. The molecule has 6 nitrogen and oxygen atoms in total. The number of nitrogens with two attached hydrogens (primary N) is 1. The van der Waals surface area contributed by atoms with Crippen LogP contribution < -0.4 is 11.1 Å². The van der Waals surface area contributed by atoms with Crippen molar-refractivity contribution in [3.05, 3.63) is 17.7 Å². The Labute approximate surface area is 157 Å². The van der Waals surface area contributed by atoms with Gasteiger partial charge in [-0.1, -0.05) is 0 Å². The molecule has 26 heavy (non-hydrogen) atoms. The first-order valence-electron chi connectivity index (χ1n) is 10.0. The predicted molar refractivity (Wildman–Crippen MR) is 105 cm³/mol. The van der Waals surface area contributed by atoms with Gasteiger partial charge in [0.05, 0.1) is 12.2 Å². The number of hydrogen-bond acceptors (Lipinski definition) is 6. The highest BCUT2D eigenvalue weighted by atomic mass is 16.5. The molecule has 1 aromatic rings. The van der Waals surface area contributed by atoms with Crippen LogP contribution in [0.5, 0.6) is 0 Å².